The minimum atomic E-state index is -0.753. The Balaban J connectivity index is 1.51. The summed E-state index contributed by atoms with van der Waals surface area (Å²) in [5.74, 6) is 0.829. The van der Waals surface area contributed by atoms with Crippen molar-refractivity contribution in [3.63, 3.8) is 0 Å². The van der Waals surface area contributed by atoms with E-state index in [1.54, 1.807) is 6.92 Å². The predicted molar refractivity (Wildman–Crippen MR) is 147 cm³/mol. The first-order valence-corrected chi connectivity index (χ1v) is 13.7. The number of nitrogens with one attached hydrogen (secondary N) is 1. The average molecular weight is 526 g/mol. The second kappa shape index (κ2) is 10.8. The van der Waals surface area contributed by atoms with E-state index in [1.165, 1.54) is 22.2 Å². The number of hydrogen-bond acceptors (Lipinski definition) is 6. The van der Waals surface area contributed by atoms with Crippen LogP contribution in [0.3, 0.4) is 0 Å². The van der Waals surface area contributed by atoms with Crippen LogP contribution in [-0.4, -0.2) is 77.0 Å². The molecular formula is C28H37N4O4S+. The molecule has 1 saturated heterocycles. The van der Waals surface area contributed by atoms with E-state index in [-0.39, 0.29) is 29.6 Å². The van der Waals surface area contributed by atoms with Crippen LogP contribution in [0.4, 0.5) is 0 Å². The number of thioether (sulfide) groups is 1. The second-order valence-electron chi connectivity index (χ2n) is 10.7. The van der Waals surface area contributed by atoms with Crippen molar-refractivity contribution < 1.29 is 23.9 Å². The molecule has 0 aliphatic carbocycles. The lowest BCUT2D eigenvalue weighted by Crippen LogP contribution is -2.63. The van der Waals surface area contributed by atoms with E-state index in [9.17, 15) is 14.7 Å². The van der Waals surface area contributed by atoms with Crippen molar-refractivity contribution in [3.05, 3.63) is 53.2 Å². The molecule has 0 bridgehead atoms. The van der Waals surface area contributed by atoms with Crippen molar-refractivity contribution in [1.82, 2.24) is 4.90 Å². The van der Waals surface area contributed by atoms with Crippen LogP contribution in [0.2, 0.25) is 0 Å². The molecule has 1 fully saturated rings. The number of aldehydes is 1. The highest BCUT2D eigenvalue weighted by atomic mass is 32.2. The van der Waals surface area contributed by atoms with Gasteiger partial charge in [0.25, 0.3) is 0 Å². The summed E-state index contributed by atoms with van der Waals surface area (Å²) in [5, 5.41) is 19.7. The second-order valence-corrected chi connectivity index (χ2v) is 11.9. The van der Waals surface area contributed by atoms with Gasteiger partial charge in [0, 0.05) is 29.0 Å². The number of carbonyl (C=O) groups is 2. The fourth-order valence-corrected chi connectivity index (χ4v) is 6.24. The van der Waals surface area contributed by atoms with Crippen LogP contribution >= 0.6 is 11.8 Å². The summed E-state index contributed by atoms with van der Waals surface area (Å²) in [7, 11) is 4.41. The highest BCUT2D eigenvalue weighted by Gasteiger charge is 2.58. The summed E-state index contributed by atoms with van der Waals surface area (Å²) in [6.45, 7) is 5.64. The van der Waals surface area contributed by atoms with Gasteiger partial charge >= 0.3 is 0 Å². The molecule has 4 N–H and O–H groups in total. The van der Waals surface area contributed by atoms with Gasteiger partial charge < -0.3 is 25.0 Å². The fraction of sp³-hybridized carbons (Fsp3) is 0.464. The Kier molecular flexibility index (Phi) is 7.96. The molecule has 2 heterocycles. The summed E-state index contributed by atoms with van der Waals surface area (Å²) >= 11 is 1.38. The third-order valence-electron chi connectivity index (χ3n) is 7.59. The maximum absolute atomic E-state index is 12.6. The normalized spacial score (nSPS) is 22.1. The van der Waals surface area contributed by atoms with E-state index in [0.29, 0.717) is 5.70 Å². The number of allylic oxidation sites excluding steroid dienone is 1. The van der Waals surface area contributed by atoms with Gasteiger partial charge in [0.05, 0.1) is 44.4 Å². The third-order valence-corrected chi connectivity index (χ3v) is 8.39. The molecule has 9 heteroatoms. The number of ether oxygens (including phenoxy) is 1. The van der Waals surface area contributed by atoms with Crippen LogP contribution in [0.1, 0.15) is 25.8 Å². The molecular weight excluding hydrogens is 488 g/mol. The molecule has 4 rings (SSSR count). The van der Waals surface area contributed by atoms with Crippen molar-refractivity contribution in [2.45, 2.75) is 39.0 Å². The van der Waals surface area contributed by atoms with Gasteiger partial charge in [-0.1, -0.05) is 49.0 Å². The van der Waals surface area contributed by atoms with E-state index in [2.05, 4.69) is 26.2 Å². The van der Waals surface area contributed by atoms with Gasteiger partial charge in [0.15, 0.2) is 11.5 Å². The topological polar surface area (TPSA) is 117 Å². The molecule has 2 aliphatic heterocycles. The number of nitrogens with zero attached hydrogens (tertiary/aromatic N) is 2. The zero-order valence-corrected chi connectivity index (χ0v) is 22.8. The SMILES string of the molecule is C[C@@H](O)[C@H]1C(=O)N2C(C=O)=C(COc3cccc4c(C[N+](C)(C)CCCSC(=N)N)cccc34)[C@H](C)[C@H]12. The number of amidine groups is 1. The lowest BCUT2D eigenvalue weighted by atomic mass is 9.78. The Morgan fingerprint density at radius 1 is 1.27 bits per heavy atom. The molecule has 0 aromatic heterocycles. The van der Waals surface area contributed by atoms with Crippen LogP contribution in [0, 0.1) is 17.2 Å². The van der Waals surface area contributed by atoms with Gasteiger partial charge in [-0.05, 0) is 23.9 Å². The van der Waals surface area contributed by atoms with Gasteiger partial charge in [0.2, 0.25) is 5.91 Å². The van der Waals surface area contributed by atoms with E-state index in [1.807, 2.05) is 31.2 Å². The molecule has 0 unspecified atom stereocenters. The van der Waals surface area contributed by atoms with Crippen LogP contribution in [0.25, 0.3) is 10.8 Å². The summed E-state index contributed by atoms with van der Waals surface area (Å²) in [6, 6.07) is 12.1. The first kappa shape index (κ1) is 27.2. The van der Waals surface area contributed by atoms with Crippen LogP contribution < -0.4 is 10.5 Å². The van der Waals surface area contributed by atoms with E-state index in [0.717, 1.165) is 58.1 Å². The standard InChI is InChI=1S/C28H37N4O4S/c1-17-22(23(15-33)31-26(17)25(18(2)34)27(31)35)16-36-24-11-6-9-20-19(8-5-10-21(20)24)14-32(3,4)12-7-13-37-28(29)30/h5-6,8-11,15,17-18,25-26,34H,7,12-14,16H2,1-4H3,(H3,29,30)/q+1/t17-,18+,25+,26+/m0/s1. The molecule has 0 spiro atoms. The lowest BCUT2D eigenvalue weighted by Gasteiger charge is -2.46. The summed E-state index contributed by atoms with van der Waals surface area (Å²) in [4.78, 5) is 26.0. The Hall–Kier alpha value is -2.88. The van der Waals surface area contributed by atoms with Crippen LogP contribution in [0.15, 0.2) is 47.7 Å². The summed E-state index contributed by atoms with van der Waals surface area (Å²) < 4.78 is 7.10. The highest BCUT2D eigenvalue weighted by molar-refractivity contribution is 8.13. The monoisotopic (exact) mass is 525 g/mol. The van der Waals surface area contributed by atoms with E-state index in [4.69, 9.17) is 15.9 Å². The van der Waals surface area contributed by atoms with Gasteiger partial charge in [-0.15, -0.1) is 0 Å². The largest absolute Gasteiger partial charge is 0.489 e. The quantitative estimate of drug-likeness (QED) is 0.104. The van der Waals surface area contributed by atoms with Gasteiger partial charge in [-0.3, -0.25) is 15.0 Å². The summed E-state index contributed by atoms with van der Waals surface area (Å²) in [5.41, 5.74) is 7.85. The summed E-state index contributed by atoms with van der Waals surface area (Å²) in [6.07, 6.45) is 0.956. The number of rotatable bonds is 11. The smallest absolute Gasteiger partial charge is 0.235 e. The number of quaternary nitrogens is 1. The van der Waals surface area contributed by atoms with Gasteiger partial charge in [0.1, 0.15) is 18.9 Å². The Morgan fingerprint density at radius 2 is 1.97 bits per heavy atom. The zero-order chi connectivity index (χ0) is 26.9. The first-order chi connectivity index (χ1) is 17.6. The maximum Gasteiger partial charge on any atom is 0.235 e. The minimum absolute atomic E-state index is 0.0673. The molecule has 1 amide bonds. The number of benzene rings is 2. The Bertz CT molecular complexity index is 1240. The number of aliphatic hydroxyl groups is 1. The van der Waals surface area contributed by atoms with Gasteiger partial charge in [-0.2, -0.15) is 0 Å². The van der Waals surface area contributed by atoms with Crippen molar-refractivity contribution >= 4 is 39.9 Å². The number of aliphatic hydroxyl groups excluding tert-OH is 1. The van der Waals surface area contributed by atoms with Crippen LogP contribution in [-0.2, 0) is 16.1 Å². The predicted octanol–water partition coefficient (Wildman–Crippen LogP) is 3.12. The number of β-lactam (4-membered cyclic amide) rings is 1. The molecule has 8 nitrogen and oxygen atoms in total. The number of nitrogens with two attached hydrogens (primary N) is 1. The first-order valence-electron chi connectivity index (χ1n) is 12.7. The van der Waals surface area contributed by atoms with E-state index >= 15 is 0 Å². The minimum Gasteiger partial charge on any atom is -0.489 e. The molecule has 2 aliphatic rings. The highest BCUT2D eigenvalue weighted by Crippen LogP contribution is 2.46. The van der Waals surface area contributed by atoms with Crippen molar-refractivity contribution in [1.29, 1.82) is 5.41 Å². The zero-order valence-electron chi connectivity index (χ0n) is 21.9. The lowest BCUT2D eigenvalue weighted by molar-refractivity contribution is -0.903. The molecule has 4 atom stereocenters. The van der Waals surface area contributed by atoms with Gasteiger partial charge in [-0.25, -0.2) is 0 Å². The fourth-order valence-electron chi connectivity index (χ4n) is 5.75. The van der Waals surface area contributed by atoms with E-state index < -0.39 is 12.0 Å². The van der Waals surface area contributed by atoms with Crippen molar-refractivity contribution in [2.75, 3.05) is 33.0 Å². The third kappa shape index (κ3) is 5.39. The Morgan fingerprint density at radius 3 is 2.65 bits per heavy atom. The average Bonchev–Trinajstić information content (AvgIpc) is 3.07. The molecule has 37 heavy (non-hydrogen) atoms. The number of carbonyl (C=O) groups excluding carboxylic acids is 2. The van der Waals surface area contributed by atoms with Crippen molar-refractivity contribution in [2.24, 2.45) is 17.6 Å². The van der Waals surface area contributed by atoms with Crippen LogP contribution in [0.5, 0.6) is 5.75 Å². The Labute approximate surface area is 222 Å². The number of amides is 1. The molecule has 2 aromatic carbocycles. The molecule has 198 valence electrons. The maximum atomic E-state index is 12.6. The number of fused-ring (bicyclic) bond motifs is 2. The van der Waals surface area contributed by atoms with Crippen molar-refractivity contribution in [3.8, 4) is 5.75 Å². The molecule has 0 saturated carbocycles. The molecule has 0 radical (unpaired) electrons. The number of hydrogen-bond donors (Lipinski definition) is 3. The molecule has 2 aromatic rings.